The largest absolute Gasteiger partial charge is 0.330 e. The van der Waals surface area contributed by atoms with Crippen molar-refractivity contribution in [3.63, 3.8) is 0 Å². The molecule has 1 aliphatic carbocycles. The number of rotatable bonds is 7. The molecule has 0 saturated heterocycles. The average Bonchev–Trinajstić information content (AvgIpc) is 2.53. The van der Waals surface area contributed by atoms with Gasteiger partial charge in [-0.1, -0.05) is 53.4 Å². The Morgan fingerprint density at radius 1 is 0.895 bits per heavy atom. The van der Waals surface area contributed by atoms with Crippen molar-refractivity contribution >= 4 is 0 Å². The maximum Gasteiger partial charge on any atom is 0.00503 e. The molecule has 0 spiro atoms. The summed E-state index contributed by atoms with van der Waals surface area (Å²) in [5, 5.41) is 0. The molecule has 1 rings (SSSR count). The van der Waals surface area contributed by atoms with Gasteiger partial charge in [-0.3, -0.25) is 0 Å². The summed E-state index contributed by atoms with van der Waals surface area (Å²) in [6.07, 6.45) is 8.28. The molecule has 2 N–H and O–H groups in total. The summed E-state index contributed by atoms with van der Waals surface area (Å²) in [4.78, 5) is 2.69. The first-order valence-corrected chi connectivity index (χ1v) is 8.40. The van der Waals surface area contributed by atoms with Crippen molar-refractivity contribution in [3.05, 3.63) is 0 Å². The molecular formula is C17H36N2. The van der Waals surface area contributed by atoms with Gasteiger partial charge in [0, 0.05) is 19.6 Å². The predicted octanol–water partition coefficient (Wildman–Crippen LogP) is 3.90. The summed E-state index contributed by atoms with van der Waals surface area (Å²) in [5.41, 5.74) is 6.59. The third-order valence-electron chi connectivity index (χ3n) is 4.40. The molecule has 0 bridgehead atoms. The van der Waals surface area contributed by atoms with Crippen molar-refractivity contribution in [2.75, 3.05) is 26.2 Å². The van der Waals surface area contributed by atoms with E-state index in [0.717, 1.165) is 18.4 Å². The molecule has 0 aromatic heterocycles. The molecule has 0 unspecified atom stereocenters. The van der Waals surface area contributed by atoms with Gasteiger partial charge >= 0.3 is 0 Å². The Morgan fingerprint density at radius 3 is 1.74 bits per heavy atom. The lowest BCUT2D eigenvalue weighted by molar-refractivity contribution is 0.114. The van der Waals surface area contributed by atoms with Crippen LogP contribution in [0.5, 0.6) is 0 Å². The van der Waals surface area contributed by atoms with E-state index in [1.54, 1.807) is 0 Å². The summed E-state index contributed by atoms with van der Waals surface area (Å²) >= 11 is 0. The van der Waals surface area contributed by atoms with Gasteiger partial charge in [0.05, 0.1) is 0 Å². The summed E-state index contributed by atoms with van der Waals surface area (Å²) in [6, 6.07) is 0. The van der Waals surface area contributed by atoms with E-state index in [1.165, 1.54) is 58.2 Å². The van der Waals surface area contributed by atoms with Crippen LogP contribution in [0.2, 0.25) is 0 Å². The summed E-state index contributed by atoms with van der Waals surface area (Å²) in [6.45, 7) is 13.9. The molecule has 1 aliphatic rings. The molecule has 2 nitrogen and oxygen atoms in total. The van der Waals surface area contributed by atoms with Crippen molar-refractivity contribution < 1.29 is 0 Å². The molecule has 0 radical (unpaired) electrons. The van der Waals surface area contributed by atoms with E-state index < -0.39 is 0 Å². The maximum absolute atomic E-state index is 6.19. The Morgan fingerprint density at radius 2 is 1.37 bits per heavy atom. The highest BCUT2D eigenvalue weighted by atomic mass is 15.1. The van der Waals surface area contributed by atoms with E-state index >= 15 is 0 Å². The van der Waals surface area contributed by atoms with Gasteiger partial charge in [0.1, 0.15) is 0 Å². The van der Waals surface area contributed by atoms with Crippen LogP contribution in [0, 0.1) is 17.3 Å². The second-order valence-corrected chi connectivity index (χ2v) is 7.60. The van der Waals surface area contributed by atoms with Gasteiger partial charge in [-0.15, -0.1) is 0 Å². The van der Waals surface area contributed by atoms with Gasteiger partial charge in [-0.25, -0.2) is 0 Å². The van der Waals surface area contributed by atoms with E-state index in [1.807, 2.05) is 0 Å². The monoisotopic (exact) mass is 268 g/mol. The van der Waals surface area contributed by atoms with Crippen LogP contribution >= 0.6 is 0 Å². The lowest BCUT2D eigenvalue weighted by atomic mass is 9.79. The Labute approximate surface area is 121 Å². The highest BCUT2D eigenvalue weighted by Gasteiger charge is 2.31. The van der Waals surface area contributed by atoms with E-state index in [2.05, 4.69) is 32.6 Å². The Balaban J connectivity index is 2.66. The second kappa shape index (κ2) is 8.26. The van der Waals surface area contributed by atoms with Crippen molar-refractivity contribution in [2.45, 2.75) is 66.2 Å². The number of hydrogen-bond acceptors (Lipinski definition) is 2. The predicted molar refractivity (Wildman–Crippen MR) is 85.3 cm³/mol. The lowest BCUT2D eigenvalue weighted by Crippen LogP contribution is -2.45. The van der Waals surface area contributed by atoms with Crippen molar-refractivity contribution in [1.29, 1.82) is 0 Å². The Hall–Kier alpha value is -0.0800. The van der Waals surface area contributed by atoms with E-state index in [0.29, 0.717) is 5.41 Å². The van der Waals surface area contributed by atoms with Crippen LogP contribution in [0.25, 0.3) is 0 Å². The van der Waals surface area contributed by atoms with Crippen LogP contribution < -0.4 is 5.73 Å². The third kappa shape index (κ3) is 6.27. The quantitative estimate of drug-likeness (QED) is 0.710. The standard InChI is InChI=1S/C17H36N2/c1-15(2)11-19(12-16(3)4)14-17(13-18)9-7-5-6-8-10-17/h15-16H,5-14,18H2,1-4H3. The molecule has 19 heavy (non-hydrogen) atoms. The Bertz CT molecular complexity index is 217. The molecule has 0 amide bonds. The topological polar surface area (TPSA) is 29.3 Å². The van der Waals surface area contributed by atoms with Gasteiger partial charge in [0.15, 0.2) is 0 Å². The van der Waals surface area contributed by atoms with Crippen LogP contribution in [0.4, 0.5) is 0 Å². The zero-order chi connectivity index (χ0) is 14.3. The summed E-state index contributed by atoms with van der Waals surface area (Å²) in [7, 11) is 0. The zero-order valence-corrected chi connectivity index (χ0v) is 13.8. The van der Waals surface area contributed by atoms with E-state index in [-0.39, 0.29) is 0 Å². The third-order valence-corrected chi connectivity index (χ3v) is 4.40. The van der Waals surface area contributed by atoms with Gasteiger partial charge in [-0.2, -0.15) is 0 Å². The first kappa shape index (κ1) is 17.0. The SMILES string of the molecule is CC(C)CN(CC(C)C)CC1(CN)CCCCCC1. The van der Waals surface area contributed by atoms with Gasteiger partial charge in [0.25, 0.3) is 0 Å². The number of nitrogens with zero attached hydrogens (tertiary/aromatic N) is 1. The fourth-order valence-electron chi connectivity index (χ4n) is 3.62. The van der Waals surface area contributed by atoms with Crippen molar-refractivity contribution in [2.24, 2.45) is 23.0 Å². The minimum Gasteiger partial charge on any atom is -0.330 e. The van der Waals surface area contributed by atoms with Gasteiger partial charge in [0.2, 0.25) is 0 Å². The van der Waals surface area contributed by atoms with Crippen molar-refractivity contribution in [3.8, 4) is 0 Å². The summed E-state index contributed by atoms with van der Waals surface area (Å²) in [5.74, 6) is 1.50. The highest BCUT2D eigenvalue weighted by Crippen LogP contribution is 2.35. The van der Waals surface area contributed by atoms with Crippen LogP contribution in [-0.4, -0.2) is 31.1 Å². The first-order chi connectivity index (χ1) is 8.97. The molecule has 0 aliphatic heterocycles. The lowest BCUT2D eigenvalue weighted by Gasteiger charge is -2.38. The van der Waals surface area contributed by atoms with E-state index in [4.69, 9.17) is 5.73 Å². The molecule has 1 saturated carbocycles. The van der Waals surface area contributed by atoms with Crippen LogP contribution in [0.15, 0.2) is 0 Å². The fraction of sp³-hybridized carbons (Fsp3) is 1.00. The molecule has 114 valence electrons. The van der Waals surface area contributed by atoms with Gasteiger partial charge in [-0.05, 0) is 36.6 Å². The normalized spacial score (nSPS) is 20.2. The second-order valence-electron chi connectivity index (χ2n) is 7.60. The number of nitrogens with two attached hydrogens (primary N) is 1. The molecule has 1 fully saturated rings. The van der Waals surface area contributed by atoms with Crippen LogP contribution in [0.3, 0.4) is 0 Å². The first-order valence-electron chi connectivity index (χ1n) is 8.40. The molecule has 0 aromatic rings. The molecule has 0 atom stereocenters. The molecule has 0 aromatic carbocycles. The zero-order valence-electron chi connectivity index (χ0n) is 13.8. The fourth-order valence-corrected chi connectivity index (χ4v) is 3.62. The Kier molecular flexibility index (Phi) is 7.38. The minimum absolute atomic E-state index is 0.403. The highest BCUT2D eigenvalue weighted by molar-refractivity contribution is 4.86. The number of hydrogen-bond donors (Lipinski definition) is 1. The van der Waals surface area contributed by atoms with Crippen LogP contribution in [0.1, 0.15) is 66.2 Å². The summed E-state index contributed by atoms with van der Waals surface area (Å²) < 4.78 is 0. The van der Waals surface area contributed by atoms with Gasteiger partial charge < -0.3 is 10.6 Å². The maximum atomic E-state index is 6.19. The smallest absolute Gasteiger partial charge is 0.00503 e. The van der Waals surface area contributed by atoms with Crippen LogP contribution in [-0.2, 0) is 0 Å². The van der Waals surface area contributed by atoms with E-state index in [9.17, 15) is 0 Å². The molecule has 0 heterocycles. The average molecular weight is 268 g/mol. The van der Waals surface area contributed by atoms with Crippen molar-refractivity contribution in [1.82, 2.24) is 4.90 Å². The minimum atomic E-state index is 0.403. The molecule has 2 heteroatoms. The molecular weight excluding hydrogens is 232 g/mol.